The summed E-state index contributed by atoms with van der Waals surface area (Å²) < 4.78 is 4.97. The van der Waals surface area contributed by atoms with Crippen LogP contribution in [0.4, 0.5) is 0 Å². The fourth-order valence-electron chi connectivity index (χ4n) is 1.77. The molecule has 0 fully saturated rings. The van der Waals surface area contributed by atoms with Crippen LogP contribution in [0, 0.1) is 0 Å². The Labute approximate surface area is 134 Å². The lowest BCUT2D eigenvalue weighted by molar-refractivity contribution is -0.143. The van der Waals surface area contributed by atoms with Gasteiger partial charge in [0.2, 0.25) is 11.8 Å². The number of nitrogens with zero attached hydrogens (tertiary/aromatic N) is 1. The van der Waals surface area contributed by atoms with Crippen molar-refractivity contribution in [2.24, 2.45) is 0 Å². The van der Waals surface area contributed by atoms with E-state index in [-0.39, 0.29) is 19.1 Å². The summed E-state index contributed by atoms with van der Waals surface area (Å²) in [5, 5.41) is 13.9. The molecule has 0 aromatic carbocycles. The molecule has 126 valence electrons. The predicted octanol–water partition coefficient (Wildman–Crippen LogP) is 0.0839. The van der Waals surface area contributed by atoms with Crippen LogP contribution in [0.15, 0.2) is 24.5 Å². The van der Waals surface area contributed by atoms with Gasteiger partial charge in [0.1, 0.15) is 19.3 Å². The van der Waals surface area contributed by atoms with Gasteiger partial charge in [-0.15, -0.1) is 0 Å². The van der Waals surface area contributed by atoms with Crippen LogP contribution in [0.3, 0.4) is 0 Å². The zero-order chi connectivity index (χ0) is 17.1. The second kappa shape index (κ2) is 10.3. The highest BCUT2D eigenvalue weighted by molar-refractivity contribution is 5.84. The van der Waals surface area contributed by atoms with Gasteiger partial charge in [0.05, 0.1) is 0 Å². The lowest BCUT2D eigenvalue weighted by atomic mass is 10.2. The molecule has 23 heavy (non-hydrogen) atoms. The zero-order valence-electron chi connectivity index (χ0n) is 12.9. The molecule has 0 saturated heterocycles. The average Bonchev–Trinajstić information content (AvgIpc) is 2.53. The number of nitrogens with one attached hydrogen (secondary N) is 2. The molecule has 1 heterocycles. The maximum atomic E-state index is 11.6. The van der Waals surface area contributed by atoms with Crippen molar-refractivity contribution >= 4 is 17.8 Å². The van der Waals surface area contributed by atoms with E-state index < -0.39 is 17.9 Å². The van der Waals surface area contributed by atoms with Gasteiger partial charge in [0.15, 0.2) is 0 Å². The van der Waals surface area contributed by atoms with Gasteiger partial charge in [-0.05, 0) is 18.1 Å². The first kappa shape index (κ1) is 18.6. The summed E-state index contributed by atoms with van der Waals surface area (Å²) in [6.45, 7) is 1.50. The molecule has 8 heteroatoms. The van der Waals surface area contributed by atoms with Crippen LogP contribution < -0.4 is 10.6 Å². The minimum absolute atomic E-state index is 0.279. The predicted molar refractivity (Wildman–Crippen MR) is 81.4 cm³/mol. The van der Waals surface area contributed by atoms with Gasteiger partial charge < -0.3 is 20.5 Å². The van der Waals surface area contributed by atoms with E-state index in [2.05, 4.69) is 15.6 Å². The number of carbonyl (C=O) groups excluding carboxylic acids is 2. The number of carboxylic acids is 1. The van der Waals surface area contributed by atoms with Crippen molar-refractivity contribution in [3.63, 3.8) is 0 Å². The summed E-state index contributed by atoms with van der Waals surface area (Å²) in [6, 6.07) is 2.65. The molecule has 3 N–H and O–H groups in total. The molecule has 0 bridgehead atoms. The van der Waals surface area contributed by atoms with Crippen molar-refractivity contribution in [2.75, 3.05) is 13.2 Å². The van der Waals surface area contributed by atoms with Crippen molar-refractivity contribution in [3.05, 3.63) is 30.1 Å². The summed E-state index contributed by atoms with van der Waals surface area (Å²) in [5.41, 5.74) is 0.849. The maximum absolute atomic E-state index is 11.6. The first-order chi connectivity index (χ1) is 11.0. The van der Waals surface area contributed by atoms with Crippen LogP contribution in [0.2, 0.25) is 0 Å². The molecule has 1 rings (SSSR count). The number of carbonyl (C=O) groups is 3. The molecular weight excluding hydrogens is 302 g/mol. The molecule has 1 aromatic rings. The third kappa shape index (κ3) is 7.91. The van der Waals surface area contributed by atoms with E-state index in [4.69, 9.17) is 9.84 Å². The van der Waals surface area contributed by atoms with E-state index in [9.17, 15) is 14.4 Å². The van der Waals surface area contributed by atoms with Gasteiger partial charge in [-0.25, -0.2) is 4.79 Å². The smallest absolute Gasteiger partial charge is 0.326 e. The fourth-order valence-corrected chi connectivity index (χ4v) is 1.77. The molecule has 0 aliphatic heterocycles. The highest BCUT2D eigenvalue weighted by atomic mass is 16.5. The van der Waals surface area contributed by atoms with Crippen molar-refractivity contribution in [2.45, 2.75) is 32.4 Å². The van der Waals surface area contributed by atoms with Gasteiger partial charge in [0.25, 0.3) is 0 Å². The number of aliphatic carboxylic acids is 1. The first-order valence-electron chi connectivity index (χ1n) is 7.28. The molecule has 1 unspecified atom stereocenters. The van der Waals surface area contributed by atoms with E-state index >= 15 is 0 Å². The summed E-state index contributed by atoms with van der Waals surface area (Å²) in [7, 11) is 0. The van der Waals surface area contributed by atoms with E-state index in [0.717, 1.165) is 5.56 Å². The quantitative estimate of drug-likeness (QED) is 0.561. The fraction of sp³-hybridized carbons (Fsp3) is 0.467. The van der Waals surface area contributed by atoms with Crippen LogP contribution in [-0.2, 0) is 25.7 Å². The van der Waals surface area contributed by atoms with Gasteiger partial charge in [-0.1, -0.05) is 19.4 Å². The number of hydrogen-bond donors (Lipinski definition) is 3. The molecular formula is C15H21N3O5. The standard InChI is InChI=1S/C15H21N3O5/c1-2-4-12(15(21)22)18-14(20)10-23-9-13(19)17-8-11-5-3-6-16-7-11/h3,5-7,12H,2,4,8-10H2,1H3,(H,17,19)(H,18,20)(H,21,22). The van der Waals surface area contributed by atoms with E-state index in [1.54, 1.807) is 18.5 Å². The summed E-state index contributed by atoms with van der Waals surface area (Å²) in [5.74, 6) is -2.02. The van der Waals surface area contributed by atoms with Crippen molar-refractivity contribution in [1.29, 1.82) is 0 Å². The molecule has 8 nitrogen and oxygen atoms in total. The van der Waals surface area contributed by atoms with Crippen LogP contribution in [0.25, 0.3) is 0 Å². The average molecular weight is 323 g/mol. The van der Waals surface area contributed by atoms with Gasteiger partial charge in [-0.3, -0.25) is 14.6 Å². The van der Waals surface area contributed by atoms with E-state index in [1.165, 1.54) is 0 Å². The molecule has 0 aliphatic carbocycles. The number of hydrogen-bond acceptors (Lipinski definition) is 5. The van der Waals surface area contributed by atoms with Gasteiger partial charge in [-0.2, -0.15) is 0 Å². The molecule has 0 saturated carbocycles. The van der Waals surface area contributed by atoms with Crippen LogP contribution in [0.5, 0.6) is 0 Å². The lowest BCUT2D eigenvalue weighted by Gasteiger charge is -2.13. The molecule has 0 radical (unpaired) electrons. The number of pyridine rings is 1. The highest BCUT2D eigenvalue weighted by Crippen LogP contribution is 1.97. The van der Waals surface area contributed by atoms with Crippen LogP contribution in [-0.4, -0.2) is 47.1 Å². The Hall–Kier alpha value is -2.48. The number of aromatic nitrogens is 1. The Kier molecular flexibility index (Phi) is 8.30. The summed E-state index contributed by atoms with van der Waals surface area (Å²) in [4.78, 5) is 37.9. The van der Waals surface area contributed by atoms with Gasteiger partial charge >= 0.3 is 5.97 Å². The molecule has 1 atom stereocenters. The van der Waals surface area contributed by atoms with Crippen molar-refractivity contribution in [3.8, 4) is 0 Å². The van der Waals surface area contributed by atoms with Crippen LogP contribution >= 0.6 is 0 Å². The lowest BCUT2D eigenvalue weighted by Crippen LogP contribution is -2.42. The Morgan fingerprint density at radius 3 is 2.65 bits per heavy atom. The van der Waals surface area contributed by atoms with E-state index in [1.807, 2.05) is 13.0 Å². The SMILES string of the molecule is CCCC(NC(=O)COCC(=O)NCc1cccnc1)C(=O)O. The molecule has 2 amide bonds. The minimum Gasteiger partial charge on any atom is -0.480 e. The van der Waals surface area contributed by atoms with Crippen molar-refractivity contribution in [1.82, 2.24) is 15.6 Å². The molecule has 1 aromatic heterocycles. The third-order valence-electron chi connectivity index (χ3n) is 2.89. The number of rotatable bonds is 10. The normalized spacial score (nSPS) is 11.5. The Bertz CT molecular complexity index is 521. The second-order valence-corrected chi connectivity index (χ2v) is 4.88. The number of amides is 2. The maximum Gasteiger partial charge on any atom is 0.326 e. The number of ether oxygens (including phenoxy) is 1. The summed E-state index contributed by atoms with van der Waals surface area (Å²) >= 11 is 0. The third-order valence-corrected chi connectivity index (χ3v) is 2.89. The molecule has 0 spiro atoms. The second-order valence-electron chi connectivity index (χ2n) is 4.88. The Balaban J connectivity index is 2.21. The minimum atomic E-state index is -1.09. The topological polar surface area (TPSA) is 118 Å². The Morgan fingerprint density at radius 1 is 1.30 bits per heavy atom. The van der Waals surface area contributed by atoms with Gasteiger partial charge in [0, 0.05) is 18.9 Å². The summed E-state index contributed by atoms with van der Waals surface area (Å²) in [6.07, 6.45) is 4.24. The monoisotopic (exact) mass is 323 g/mol. The largest absolute Gasteiger partial charge is 0.480 e. The van der Waals surface area contributed by atoms with Crippen molar-refractivity contribution < 1.29 is 24.2 Å². The molecule has 0 aliphatic rings. The highest BCUT2D eigenvalue weighted by Gasteiger charge is 2.18. The zero-order valence-corrected chi connectivity index (χ0v) is 12.9. The van der Waals surface area contributed by atoms with Crippen LogP contribution in [0.1, 0.15) is 25.3 Å². The van der Waals surface area contributed by atoms with E-state index in [0.29, 0.717) is 19.4 Å². The first-order valence-corrected chi connectivity index (χ1v) is 7.28. The Morgan fingerprint density at radius 2 is 2.04 bits per heavy atom. The number of carboxylic acid groups (broad SMARTS) is 1.